The van der Waals surface area contributed by atoms with Gasteiger partial charge in [0.2, 0.25) is 0 Å². The van der Waals surface area contributed by atoms with E-state index in [0.29, 0.717) is 17.3 Å². The van der Waals surface area contributed by atoms with Gasteiger partial charge in [0.1, 0.15) is 10.7 Å². The summed E-state index contributed by atoms with van der Waals surface area (Å²) in [5.41, 5.74) is 1.40. The molecule has 0 saturated heterocycles. The number of benzene rings is 1. The maximum absolute atomic E-state index is 12.3. The van der Waals surface area contributed by atoms with Gasteiger partial charge in [0.25, 0.3) is 5.91 Å². The number of esters is 1. The largest absolute Gasteiger partial charge is 0.452 e. The van der Waals surface area contributed by atoms with E-state index in [1.807, 2.05) is 32.0 Å². The summed E-state index contributed by atoms with van der Waals surface area (Å²) < 4.78 is 6.55. The van der Waals surface area contributed by atoms with E-state index in [4.69, 9.17) is 27.9 Å². The lowest BCUT2D eigenvalue weighted by molar-refractivity contribution is -0.124. The number of amides is 1. The Morgan fingerprint density at radius 1 is 1.31 bits per heavy atom. The van der Waals surface area contributed by atoms with E-state index in [2.05, 4.69) is 10.4 Å². The molecule has 2 aromatic rings. The maximum atomic E-state index is 12.3. The molecule has 1 N–H and O–H groups in total. The van der Waals surface area contributed by atoms with E-state index in [9.17, 15) is 9.59 Å². The minimum Gasteiger partial charge on any atom is -0.452 e. The van der Waals surface area contributed by atoms with Crippen molar-refractivity contribution in [2.45, 2.75) is 39.8 Å². The molecule has 0 fully saturated rings. The lowest BCUT2D eigenvalue weighted by Crippen LogP contribution is -2.35. The summed E-state index contributed by atoms with van der Waals surface area (Å²) in [5, 5.41) is 7.74. The molecule has 1 aromatic carbocycles. The van der Waals surface area contributed by atoms with Gasteiger partial charge in [-0.3, -0.25) is 4.79 Å². The quantitative estimate of drug-likeness (QED) is 0.724. The number of carbonyl (C=O) groups is 2. The third-order valence-corrected chi connectivity index (χ3v) is 4.65. The number of ether oxygens (including phenoxy) is 1. The molecular weight excluding hydrogens is 377 g/mol. The number of carbonyl (C=O) groups excluding carboxylic acids is 2. The molecule has 26 heavy (non-hydrogen) atoms. The van der Waals surface area contributed by atoms with E-state index in [1.54, 1.807) is 13.0 Å². The molecule has 1 amide bonds. The van der Waals surface area contributed by atoms with Crippen LogP contribution in [0.5, 0.6) is 0 Å². The molecule has 0 saturated carbocycles. The van der Waals surface area contributed by atoms with Crippen molar-refractivity contribution in [3.8, 4) is 0 Å². The second-order valence-electron chi connectivity index (χ2n) is 5.95. The first-order valence-corrected chi connectivity index (χ1v) is 9.01. The third-order valence-electron chi connectivity index (χ3n) is 3.90. The van der Waals surface area contributed by atoms with E-state index in [0.717, 1.165) is 12.0 Å². The minimum absolute atomic E-state index is 0.0184. The van der Waals surface area contributed by atoms with Gasteiger partial charge in [0.15, 0.2) is 6.61 Å². The number of hydrogen-bond acceptors (Lipinski definition) is 4. The number of aromatic nitrogens is 2. The van der Waals surface area contributed by atoms with Gasteiger partial charge < -0.3 is 10.1 Å². The molecule has 0 aliphatic carbocycles. The molecule has 1 atom stereocenters. The van der Waals surface area contributed by atoms with Gasteiger partial charge in [-0.15, -0.1) is 0 Å². The molecule has 0 radical (unpaired) electrons. The van der Waals surface area contributed by atoms with Gasteiger partial charge in [-0.05, 0) is 31.9 Å². The van der Waals surface area contributed by atoms with Crippen molar-refractivity contribution < 1.29 is 14.3 Å². The Morgan fingerprint density at radius 3 is 2.65 bits per heavy atom. The molecule has 0 bridgehead atoms. The Kier molecular flexibility index (Phi) is 7.06. The first-order chi connectivity index (χ1) is 12.3. The predicted octanol–water partition coefficient (Wildman–Crippen LogP) is 3.62. The minimum atomic E-state index is -0.683. The van der Waals surface area contributed by atoms with Crippen LogP contribution in [-0.2, 0) is 16.1 Å². The molecule has 6 nitrogen and oxygen atoms in total. The van der Waals surface area contributed by atoms with Crippen LogP contribution in [0.1, 0.15) is 41.9 Å². The zero-order valence-corrected chi connectivity index (χ0v) is 16.4. The molecule has 1 heterocycles. The van der Waals surface area contributed by atoms with Gasteiger partial charge >= 0.3 is 5.97 Å². The fraction of sp³-hybridized carbons (Fsp3) is 0.389. The summed E-state index contributed by atoms with van der Waals surface area (Å²) in [7, 11) is 0. The molecule has 2 rings (SSSR count). The van der Waals surface area contributed by atoms with E-state index >= 15 is 0 Å². The number of nitrogens with zero attached hydrogens (tertiary/aromatic N) is 2. The summed E-state index contributed by atoms with van der Waals surface area (Å²) in [5.74, 6) is -1.04. The Labute approximate surface area is 162 Å². The van der Waals surface area contributed by atoms with Crippen molar-refractivity contribution in [2.24, 2.45) is 0 Å². The maximum Gasteiger partial charge on any atom is 0.343 e. The smallest absolute Gasteiger partial charge is 0.343 e. The van der Waals surface area contributed by atoms with Gasteiger partial charge in [0, 0.05) is 11.1 Å². The molecule has 0 aliphatic heterocycles. The van der Waals surface area contributed by atoms with E-state index in [1.165, 1.54) is 4.68 Å². The standard InChI is InChI=1S/C18H21Cl2N3O3/c1-4-11(2)21-15(24)10-26-18(25)16-12(3)22-23(17(16)20)9-13-7-5-6-8-14(13)19/h5-8,11H,4,9-10H2,1-3H3,(H,21,24). The molecule has 8 heteroatoms. The van der Waals surface area contributed by atoms with Crippen LogP contribution in [0.3, 0.4) is 0 Å². The highest BCUT2D eigenvalue weighted by atomic mass is 35.5. The molecule has 0 aliphatic rings. The normalized spacial score (nSPS) is 11.9. The lowest BCUT2D eigenvalue weighted by Gasteiger charge is -2.11. The molecule has 1 aromatic heterocycles. The highest BCUT2D eigenvalue weighted by Crippen LogP contribution is 2.24. The molecule has 0 spiro atoms. The fourth-order valence-electron chi connectivity index (χ4n) is 2.30. The summed E-state index contributed by atoms with van der Waals surface area (Å²) in [6.45, 7) is 5.44. The molecule has 1 unspecified atom stereocenters. The van der Waals surface area contributed by atoms with Gasteiger partial charge in [-0.25, -0.2) is 9.48 Å². The number of rotatable bonds is 7. The van der Waals surface area contributed by atoms with E-state index < -0.39 is 5.97 Å². The zero-order valence-electron chi connectivity index (χ0n) is 14.9. The first-order valence-electron chi connectivity index (χ1n) is 8.26. The number of nitrogens with one attached hydrogen (secondary N) is 1. The predicted molar refractivity (Wildman–Crippen MR) is 101 cm³/mol. The summed E-state index contributed by atoms with van der Waals surface area (Å²) in [6, 6.07) is 7.33. The average Bonchev–Trinajstić information content (AvgIpc) is 2.88. The summed E-state index contributed by atoms with van der Waals surface area (Å²) in [6.07, 6.45) is 0.791. The molecular formula is C18H21Cl2N3O3. The Hall–Kier alpha value is -2.05. The first kappa shape index (κ1) is 20.3. The van der Waals surface area contributed by atoms with Crippen molar-refractivity contribution >= 4 is 35.1 Å². The highest BCUT2D eigenvalue weighted by molar-refractivity contribution is 6.33. The Bertz CT molecular complexity index is 805. The highest BCUT2D eigenvalue weighted by Gasteiger charge is 2.23. The van der Waals surface area contributed by atoms with E-state index in [-0.39, 0.29) is 29.3 Å². The van der Waals surface area contributed by atoms with Crippen molar-refractivity contribution in [3.63, 3.8) is 0 Å². The van der Waals surface area contributed by atoms with Crippen LogP contribution < -0.4 is 5.32 Å². The third kappa shape index (κ3) is 4.99. The van der Waals surface area contributed by atoms with Crippen LogP contribution in [-0.4, -0.2) is 34.3 Å². The van der Waals surface area contributed by atoms with Crippen molar-refractivity contribution in [1.82, 2.24) is 15.1 Å². The van der Waals surface area contributed by atoms with Crippen LogP contribution >= 0.6 is 23.2 Å². The van der Waals surface area contributed by atoms with Crippen molar-refractivity contribution in [2.75, 3.05) is 6.61 Å². The van der Waals surface area contributed by atoms with Crippen LogP contribution in [0.15, 0.2) is 24.3 Å². The van der Waals surface area contributed by atoms with Crippen LogP contribution in [0.25, 0.3) is 0 Å². The Morgan fingerprint density at radius 2 is 2.00 bits per heavy atom. The second kappa shape index (κ2) is 9.05. The monoisotopic (exact) mass is 397 g/mol. The van der Waals surface area contributed by atoms with Crippen LogP contribution in [0.4, 0.5) is 0 Å². The zero-order chi connectivity index (χ0) is 19.3. The Balaban J connectivity index is 2.08. The number of halogens is 2. The van der Waals surface area contributed by atoms with Crippen LogP contribution in [0, 0.1) is 6.92 Å². The topological polar surface area (TPSA) is 73.2 Å². The summed E-state index contributed by atoms with van der Waals surface area (Å²) in [4.78, 5) is 24.1. The van der Waals surface area contributed by atoms with Gasteiger partial charge in [-0.2, -0.15) is 5.10 Å². The lowest BCUT2D eigenvalue weighted by atomic mass is 10.2. The average molecular weight is 398 g/mol. The van der Waals surface area contributed by atoms with Crippen molar-refractivity contribution in [1.29, 1.82) is 0 Å². The fourth-order valence-corrected chi connectivity index (χ4v) is 2.81. The molecule has 140 valence electrons. The number of aryl methyl sites for hydroxylation is 1. The summed E-state index contributed by atoms with van der Waals surface area (Å²) >= 11 is 12.5. The second-order valence-corrected chi connectivity index (χ2v) is 6.72. The van der Waals surface area contributed by atoms with Gasteiger partial charge in [0.05, 0.1) is 12.2 Å². The van der Waals surface area contributed by atoms with Crippen molar-refractivity contribution in [3.05, 3.63) is 51.3 Å². The van der Waals surface area contributed by atoms with Gasteiger partial charge in [-0.1, -0.05) is 48.3 Å². The number of hydrogen-bond donors (Lipinski definition) is 1. The SMILES string of the molecule is CCC(C)NC(=O)COC(=O)c1c(C)nn(Cc2ccccc2Cl)c1Cl. The van der Waals surface area contributed by atoms with Crippen LogP contribution in [0.2, 0.25) is 10.2 Å².